The summed E-state index contributed by atoms with van der Waals surface area (Å²) >= 11 is 0. The maximum atomic E-state index is 12.5. The first-order chi connectivity index (χ1) is 11.2. The second-order valence-electron chi connectivity index (χ2n) is 5.86. The Morgan fingerprint density at radius 1 is 1.22 bits per heavy atom. The van der Waals surface area contributed by atoms with Gasteiger partial charge < -0.3 is 9.47 Å². The van der Waals surface area contributed by atoms with Crippen LogP contribution in [-0.4, -0.2) is 36.2 Å². The summed E-state index contributed by atoms with van der Waals surface area (Å²) in [6.07, 6.45) is 4.02. The highest BCUT2D eigenvalue weighted by Gasteiger charge is 2.42. The predicted octanol–water partition coefficient (Wildman–Crippen LogP) is 3.52. The number of hydrogen-bond donors (Lipinski definition) is 0. The van der Waals surface area contributed by atoms with Crippen molar-refractivity contribution in [2.45, 2.75) is 57.7 Å². The van der Waals surface area contributed by atoms with Crippen molar-refractivity contribution in [3.05, 3.63) is 35.9 Å². The van der Waals surface area contributed by atoms with Gasteiger partial charge in [0.05, 0.1) is 7.11 Å². The van der Waals surface area contributed by atoms with Crippen LogP contribution in [0, 0.1) is 0 Å². The Bertz CT molecular complexity index is 517. The summed E-state index contributed by atoms with van der Waals surface area (Å²) in [5.41, 5.74) is 0.930. The van der Waals surface area contributed by atoms with Crippen molar-refractivity contribution in [1.29, 1.82) is 0 Å². The van der Waals surface area contributed by atoms with Gasteiger partial charge in [-0.15, -0.1) is 0 Å². The van der Waals surface area contributed by atoms with Gasteiger partial charge in [-0.2, -0.15) is 0 Å². The number of ether oxygens (including phenoxy) is 2. The molecule has 126 valence electrons. The second-order valence-corrected chi connectivity index (χ2v) is 5.86. The normalized spacial score (nSPS) is 20.3. The van der Waals surface area contributed by atoms with Gasteiger partial charge in [-0.1, -0.05) is 50.1 Å². The second kappa shape index (κ2) is 8.56. The maximum absolute atomic E-state index is 12.5. The van der Waals surface area contributed by atoms with E-state index in [-0.39, 0.29) is 18.6 Å². The van der Waals surface area contributed by atoms with E-state index >= 15 is 0 Å². The summed E-state index contributed by atoms with van der Waals surface area (Å²) in [5, 5.41) is 0. The largest absolute Gasteiger partial charge is 0.467 e. The molecule has 23 heavy (non-hydrogen) atoms. The quantitative estimate of drug-likeness (QED) is 0.753. The van der Waals surface area contributed by atoms with E-state index in [1.807, 2.05) is 30.3 Å². The summed E-state index contributed by atoms with van der Waals surface area (Å²) in [6.45, 7) is 2.33. The Balaban J connectivity index is 2.02. The molecular weight excluding hydrogens is 294 g/mol. The third kappa shape index (κ3) is 4.47. The molecule has 0 aromatic heterocycles. The topological polar surface area (TPSA) is 55.8 Å². The number of rotatable bonds is 6. The van der Waals surface area contributed by atoms with E-state index < -0.39 is 12.1 Å². The number of likely N-dealkylation sites (tertiary alicyclic amines) is 1. The highest BCUT2D eigenvalue weighted by Crippen LogP contribution is 2.29. The third-order valence-corrected chi connectivity index (χ3v) is 4.28. The zero-order chi connectivity index (χ0) is 16.7. The lowest BCUT2D eigenvalue weighted by Crippen LogP contribution is -2.45. The van der Waals surface area contributed by atoms with E-state index in [9.17, 15) is 9.59 Å². The van der Waals surface area contributed by atoms with Crippen LogP contribution in [-0.2, 0) is 20.9 Å². The number of benzene rings is 1. The van der Waals surface area contributed by atoms with E-state index in [4.69, 9.17) is 9.47 Å². The highest BCUT2D eigenvalue weighted by molar-refractivity contribution is 5.82. The maximum Gasteiger partial charge on any atom is 0.411 e. The number of carbonyl (C=O) groups is 2. The van der Waals surface area contributed by atoms with E-state index in [1.165, 1.54) is 7.11 Å². The van der Waals surface area contributed by atoms with Crippen LogP contribution in [0.5, 0.6) is 0 Å². The molecule has 5 heteroatoms. The molecule has 1 aliphatic heterocycles. The minimum atomic E-state index is -0.523. The summed E-state index contributed by atoms with van der Waals surface area (Å²) in [6, 6.07) is 9.07. The van der Waals surface area contributed by atoms with Crippen LogP contribution >= 0.6 is 0 Å². The SMILES string of the molecule is CCCC[C@H]1CC[C@@H](C(=O)OC)N1C(=O)OCc1ccccc1. The number of esters is 1. The number of methoxy groups -OCH3 is 1. The predicted molar refractivity (Wildman–Crippen MR) is 86.8 cm³/mol. The van der Waals surface area contributed by atoms with Crippen molar-refractivity contribution in [2.24, 2.45) is 0 Å². The van der Waals surface area contributed by atoms with Gasteiger partial charge in [0, 0.05) is 6.04 Å². The van der Waals surface area contributed by atoms with E-state index in [2.05, 4.69) is 6.92 Å². The minimum Gasteiger partial charge on any atom is -0.467 e. The van der Waals surface area contributed by atoms with Crippen LogP contribution in [0.1, 0.15) is 44.6 Å². The van der Waals surface area contributed by atoms with Crippen LogP contribution in [0.3, 0.4) is 0 Å². The standard InChI is InChI=1S/C18H25NO4/c1-3-4-10-15-11-12-16(17(20)22-2)19(15)18(21)23-13-14-8-6-5-7-9-14/h5-9,15-16H,3-4,10-13H2,1-2H3/t15-,16-/m0/s1. The first kappa shape index (κ1) is 17.3. The van der Waals surface area contributed by atoms with E-state index in [0.29, 0.717) is 6.42 Å². The molecule has 1 saturated heterocycles. The van der Waals surface area contributed by atoms with Gasteiger partial charge >= 0.3 is 12.1 Å². The summed E-state index contributed by atoms with van der Waals surface area (Å²) in [4.78, 5) is 26.1. The van der Waals surface area contributed by atoms with Crippen LogP contribution < -0.4 is 0 Å². The Labute approximate surface area is 137 Å². The molecule has 5 nitrogen and oxygen atoms in total. The average molecular weight is 319 g/mol. The molecule has 2 rings (SSSR count). The van der Waals surface area contributed by atoms with E-state index in [0.717, 1.165) is 31.2 Å². The molecule has 1 aromatic rings. The van der Waals surface area contributed by atoms with Crippen molar-refractivity contribution in [3.8, 4) is 0 Å². The minimum absolute atomic E-state index is 0.0577. The molecule has 1 aliphatic rings. The van der Waals surface area contributed by atoms with Gasteiger partial charge in [-0.25, -0.2) is 9.59 Å². The number of nitrogens with zero attached hydrogens (tertiary/aromatic N) is 1. The van der Waals surface area contributed by atoms with Crippen molar-refractivity contribution in [2.75, 3.05) is 7.11 Å². The molecule has 1 fully saturated rings. The molecule has 0 spiro atoms. The molecule has 0 bridgehead atoms. The Morgan fingerprint density at radius 2 is 1.96 bits per heavy atom. The highest BCUT2D eigenvalue weighted by atomic mass is 16.6. The van der Waals surface area contributed by atoms with Gasteiger partial charge in [0.25, 0.3) is 0 Å². The summed E-state index contributed by atoms with van der Waals surface area (Å²) in [7, 11) is 1.36. The third-order valence-electron chi connectivity index (χ3n) is 4.28. The molecule has 0 N–H and O–H groups in total. The molecule has 2 atom stereocenters. The monoisotopic (exact) mass is 319 g/mol. The summed E-state index contributed by atoms with van der Waals surface area (Å²) < 4.78 is 10.3. The number of carbonyl (C=O) groups excluding carboxylic acids is 2. The van der Waals surface area contributed by atoms with Crippen molar-refractivity contribution >= 4 is 12.1 Å². The molecule has 1 aromatic carbocycles. The first-order valence-electron chi connectivity index (χ1n) is 8.24. The summed E-state index contributed by atoms with van der Waals surface area (Å²) in [5.74, 6) is -0.361. The zero-order valence-electron chi connectivity index (χ0n) is 13.9. The lowest BCUT2D eigenvalue weighted by atomic mass is 10.1. The average Bonchev–Trinajstić information content (AvgIpc) is 3.02. The number of amides is 1. The van der Waals surface area contributed by atoms with Crippen molar-refractivity contribution in [1.82, 2.24) is 4.90 Å². The van der Waals surface area contributed by atoms with Gasteiger partial charge in [0.2, 0.25) is 0 Å². The van der Waals surface area contributed by atoms with Gasteiger partial charge in [0.15, 0.2) is 0 Å². The lowest BCUT2D eigenvalue weighted by molar-refractivity contribution is -0.145. The molecular formula is C18H25NO4. The molecule has 1 heterocycles. The van der Waals surface area contributed by atoms with Crippen LogP contribution in [0.25, 0.3) is 0 Å². The number of unbranched alkanes of at least 4 members (excludes halogenated alkanes) is 1. The first-order valence-corrected chi connectivity index (χ1v) is 8.24. The number of hydrogen-bond acceptors (Lipinski definition) is 4. The fourth-order valence-electron chi connectivity index (χ4n) is 3.04. The van der Waals surface area contributed by atoms with Crippen molar-refractivity contribution in [3.63, 3.8) is 0 Å². The zero-order valence-corrected chi connectivity index (χ0v) is 13.9. The van der Waals surface area contributed by atoms with Gasteiger partial charge in [-0.05, 0) is 24.8 Å². The Kier molecular flexibility index (Phi) is 6.44. The van der Waals surface area contributed by atoms with Gasteiger partial charge in [-0.3, -0.25) is 4.90 Å². The molecule has 0 saturated carbocycles. The lowest BCUT2D eigenvalue weighted by Gasteiger charge is -2.28. The smallest absolute Gasteiger partial charge is 0.411 e. The molecule has 0 radical (unpaired) electrons. The Hall–Kier alpha value is -2.04. The van der Waals surface area contributed by atoms with E-state index in [1.54, 1.807) is 4.90 Å². The Morgan fingerprint density at radius 3 is 2.61 bits per heavy atom. The molecule has 0 aliphatic carbocycles. The van der Waals surface area contributed by atoms with Gasteiger partial charge in [0.1, 0.15) is 12.6 Å². The van der Waals surface area contributed by atoms with Crippen LogP contribution in [0.15, 0.2) is 30.3 Å². The fraction of sp³-hybridized carbons (Fsp3) is 0.556. The van der Waals surface area contributed by atoms with Crippen LogP contribution in [0.4, 0.5) is 4.79 Å². The fourth-order valence-corrected chi connectivity index (χ4v) is 3.04. The van der Waals surface area contributed by atoms with Crippen molar-refractivity contribution < 1.29 is 19.1 Å². The molecule has 1 amide bonds. The molecule has 0 unspecified atom stereocenters. The van der Waals surface area contributed by atoms with Crippen LogP contribution in [0.2, 0.25) is 0 Å².